The summed E-state index contributed by atoms with van der Waals surface area (Å²) in [5.41, 5.74) is 8.27. The molecule has 0 spiro atoms. The second kappa shape index (κ2) is 6.59. The van der Waals surface area contributed by atoms with Gasteiger partial charge in [0, 0.05) is 20.0 Å². The first-order valence-electron chi connectivity index (χ1n) is 5.62. The molecule has 0 saturated carbocycles. The average molecular weight is 424 g/mol. The van der Waals surface area contributed by atoms with E-state index in [0.29, 0.717) is 11.4 Å². The number of hydrogen-bond acceptors (Lipinski definition) is 1. The topological polar surface area (TPSA) is 26.0 Å². The fraction of sp³-hybridized carbons (Fsp3) is 0.143. The van der Waals surface area contributed by atoms with Crippen LogP contribution < -0.4 is 5.73 Å². The van der Waals surface area contributed by atoms with E-state index in [1.807, 2.05) is 36.4 Å². The van der Waals surface area contributed by atoms with Gasteiger partial charge in [-0.1, -0.05) is 51.3 Å². The van der Waals surface area contributed by atoms with Gasteiger partial charge in [0.15, 0.2) is 0 Å². The lowest BCUT2D eigenvalue weighted by Gasteiger charge is -2.14. The molecule has 0 aliphatic carbocycles. The Hall–Kier alpha value is -0.0600. The standard InChI is InChI=1S/C14H11Br2Cl2N/c15-10-3-1-8(13(18)7-10)6-14(19)9-2-4-12(17)11(16)5-9/h1-5,7,14H,6,19H2. The van der Waals surface area contributed by atoms with Gasteiger partial charge in [-0.2, -0.15) is 0 Å². The zero-order valence-corrected chi connectivity index (χ0v) is 14.5. The van der Waals surface area contributed by atoms with Crippen LogP contribution in [0.3, 0.4) is 0 Å². The Kier molecular flexibility index (Phi) is 5.32. The molecule has 5 heteroatoms. The Morgan fingerprint density at radius 3 is 2.37 bits per heavy atom. The molecular weight excluding hydrogens is 413 g/mol. The lowest BCUT2D eigenvalue weighted by atomic mass is 10.00. The molecule has 100 valence electrons. The SMILES string of the molecule is NC(Cc1ccc(Br)cc1Cl)c1ccc(Cl)c(Br)c1. The van der Waals surface area contributed by atoms with Gasteiger partial charge in [-0.25, -0.2) is 0 Å². The van der Waals surface area contributed by atoms with Gasteiger partial charge in [0.1, 0.15) is 0 Å². The molecule has 0 radical (unpaired) electrons. The van der Waals surface area contributed by atoms with Crippen LogP contribution >= 0.6 is 55.1 Å². The van der Waals surface area contributed by atoms with Crippen molar-refractivity contribution in [1.82, 2.24) is 0 Å². The molecule has 2 aromatic carbocycles. The summed E-state index contributed by atoms with van der Waals surface area (Å²) in [5, 5.41) is 1.40. The Balaban J connectivity index is 2.20. The quantitative estimate of drug-likeness (QED) is 0.667. The van der Waals surface area contributed by atoms with E-state index in [9.17, 15) is 0 Å². The van der Waals surface area contributed by atoms with Crippen LogP contribution in [-0.2, 0) is 6.42 Å². The van der Waals surface area contributed by atoms with E-state index in [1.54, 1.807) is 0 Å². The van der Waals surface area contributed by atoms with Crippen LogP contribution in [0.5, 0.6) is 0 Å². The third kappa shape index (κ3) is 3.96. The minimum atomic E-state index is -0.118. The van der Waals surface area contributed by atoms with Crippen molar-refractivity contribution in [1.29, 1.82) is 0 Å². The van der Waals surface area contributed by atoms with Gasteiger partial charge < -0.3 is 5.73 Å². The number of halogens is 4. The van der Waals surface area contributed by atoms with Gasteiger partial charge in [0.05, 0.1) is 5.02 Å². The first-order valence-corrected chi connectivity index (χ1v) is 7.96. The summed E-state index contributed by atoms with van der Waals surface area (Å²) in [5.74, 6) is 0. The van der Waals surface area contributed by atoms with E-state index in [0.717, 1.165) is 25.1 Å². The molecule has 19 heavy (non-hydrogen) atoms. The predicted octanol–water partition coefficient (Wildman–Crippen LogP) is 5.76. The molecule has 1 nitrogen and oxygen atoms in total. The van der Waals surface area contributed by atoms with Gasteiger partial charge in [0.2, 0.25) is 0 Å². The van der Waals surface area contributed by atoms with Crippen molar-refractivity contribution >= 4 is 55.1 Å². The molecule has 0 aromatic heterocycles. The molecule has 0 amide bonds. The van der Waals surface area contributed by atoms with E-state index < -0.39 is 0 Å². The average Bonchev–Trinajstić information content (AvgIpc) is 2.36. The largest absolute Gasteiger partial charge is 0.324 e. The summed E-state index contributed by atoms with van der Waals surface area (Å²) in [6, 6.07) is 11.4. The number of benzene rings is 2. The molecule has 0 bridgehead atoms. The molecule has 1 atom stereocenters. The zero-order chi connectivity index (χ0) is 14.0. The summed E-state index contributed by atoms with van der Waals surface area (Å²) >= 11 is 19.0. The predicted molar refractivity (Wildman–Crippen MR) is 88.9 cm³/mol. The molecule has 0 aliphatic heterocycles. The maximum absolute atomic E-state index is 6.22. The van der Waals surface area contributed by atoms with E-state index in [4.69, 9.17) is 28.9 Å². The van der Waals surface area contributed by atoms with Gasteiger partial charge >= 0.3 is 0 Å². The Bertz CT molecular complexity index is 602. The van der Waals surface area contributed by atoms with Gasteiger partial charge in [-0.15, -0.1) is 0 Å². The Morgan fingerprint density at radius 2 is 1.74 bits per heavy atom. The fourth-order valence-corrected chi connectivity index (χ4v) is 3.05. The summed E-state index contributed by atoms with van der Waals surface area (Å²) in [6.45, 7) is 0. The van der Waals surface area contributed by atoms with Gasteiger partial charge in [-0.05, 0) is 57.7 Å². The first kappa shape index (κ1) is 15.3. The maximum Gasteiger partial charge on any atom is 0.0548 e. The van der Waals surface area contributed by atoms with Crippen molar-refractivity contribution in [2.45, 2.75) is 12.5 Å². The van der Waals surface area contributed by atoms with Crippen molar-refractivity contribution in [3.8, 4) is 0 Å². The first-order chi connectivity index (χ1) is 8.97. The molecule has 2 aromatic rings. The second-order valence-corrected chi connectivity index (χ2v) is 6.80. The van der Waals surface area contributed by atoms with Crippen molar-refractivity contribution in [2.24, 2.45) is 5.73 Å². The van der Waals surface area contributed by atoms with Crippen LogP contribution in [0.1, 0.15) is 17.2 Å². The highest BCUT2D eigenvalue weighted by atomic mass is 79.9. The van der Waals surface area contributed by atoms with Crippen LogP contribution in [-0.4, -0.2) is 0 Å². The van der Waals surface area contributed by atoms with Crippen molar-refractivity contribution in [3.63, 3.8) is 0 Å². The van der Waals surface area contributed by atoms with Crippen molar-refractivity contribution in [3.05, 3.63) is 66.5 Å². The summed E-state index contributed by atoms with van der Waals surface area (Å²) < 4.78 is 1.81. The highest BCUT2D eigenvalue weighted by molar-refractivity contribution is 9.10. The lowest BCUT2D eigenvalue weighted by Crippen LogP contribution is -2.13. The number of nitrogens with two attached hydrogens (primary N) is 1. The second-order valence-electron chi connectivity index (χ2n) is 4.22. The molecule has 2 rings (SSSR count). The summed E-state index contributed by atoms with van der Waals surface area (Å²) in [6.07, 6.45) is 0.681. The fourth-order valence-electron chi connectivity index (χ4n) is 1.79. The van der Waals surface area contributed by atoms with Crippen molar-refractivity contribution in [2.75, 3.05) is 0 Å². The minimum absolute atomic E-state index is 0.118. The third-order valence-corrected chi connectivity index (χ3v) is 4.89. The van der Waals surface area contributed by atoms with E-state index in [2.05, 4.69) is 31.9 Å². The van der Waals surface area contributed by atoms with E-state index in [1.165, 1.54) is 0 Å². The molecular formula is C14H11Br2Cl2N. The minimum Gasteiger partial charge on any atom is -0.324 e. The Labute approximate surface area is 139 Å². The van der Waals surface area contributed by atoms with Crippen LogP contribution in [0.15, 0.2) is 45.3 Å². The molecule has 1 unspecified atom stereocenters. The zero-order valence-electron chi connectivity index (χ0n) is 9.84. The van der Waals surface area contributed by atoms with E-state index >= 15 is 0 Å². The highest BCUT2D eigenvalue weighted by Gasteiger charge is 2.11. The molecule has 0 saturated heterocycles. The molecule has 2 N–H and O–H groups in total. The van der Waals surface area contributed by atoms with Crippen LogP contribution in [0.2, 0.25) is 10.0 Å². The normalized spacial score (nSPS) is 12.5. The smallest absolute Gasteiger partial charge is 0.0548 e. The summed E-state index contributed by atoms with van der Waals surface area (Å²) in [4.78, 5) is 0. The van der Waals surface area contributed by atoms with Crippen LogP contribution in [0.4, 0.5) is 0 Å². The molecule has 0 heterocycles. The van der Waals surface area contributed by atoms with Crippen LogP contribution in [0.25, 0.3) is 0 Å². The Morgan fingerprint density at radius 1 is 1.00 bits per heavy atom. The van der Waals surface area contributed by atoms with Gasteiger partial charge in [-0.3, -0.25) is 0 Å². The monoisotopic (exact) mass is 421 g/mol. The van der Waals surface area contributed by atoms with Crippen molar-refractivity contribution < 1.29 is 0 Å². The number of hydrogen-bond donors (Lipinski definition) is 1. The highest BCUT2D eigenvalue weighted by Crippen LogP contribution is 2.29. The molecule has 0 fully saturated rings. The molecule has 0 aliphatic rings. The third-order valence-electron chi connectivity index (χ3n) is 2.83. The number of rotatable bonds is 3. The van der Waals surface area contributed by atoms with Gasteiger partial charge in [0.25, 0.3) is 0 Å². The lowest BCUT2D eigenvalue weighted by molar-refractivity contribution is 0.721. The van der Waals surface area contributed by atoms with E-state index in [-0.39, 0.29) is 6.04 Å². The maximum atomic E-state index is 6.22. The van der Waals surface area contributed by atoms with Crippen LogP contribution in [0, 0.1) is 0 Å². The summed E-state index contributed by atoms with van der Waals surface area (Å²) in [7, 11) is 0.